The number of piperidine rings is 1. The van der Waals surface area contributed by atoms with Crippen molar-refractivity contribution < 1.29 is 14.6 Å². The maximum Gasteiger partial charge on any atom is 0.410 e. The monoisotopic (exact) mass is 269 g/mol. The molecule has 1 heterocycles. The van der Waals surface area contributed by atoms with Gasteiger partial charge in [0, 0.05) is 18.5 Å². The molecule has 1 saturated heterocycles. The third-order valence-corrected chi connectivity index (χ3v) is 4.20. The molecule has 0 spiro atoms. The van der Waals surface area contributed by atoms with Gasteiger partial charge >= 0.3 is 6.09 Å². The number of rotatable bonds is 1. The molecule has 0 aromatic heterocycles. The molecule has 4 heteroatoms. The smallest absolute Gasteiger partial charge is 0.410 e. The van der Waals surface area contributed by atoms with Gasteiger partial charge in [-0.15, -0.1) is 0 Å². The van der Waals surface area contributed by atoms with Crippen molar-refractivity contribution in [3.05, 3.63) is 0 Å². The van der Waals surface area contributed by atoms with E-state index in [0.29, 0.717) is 0 Å². The zero-order chi connectivity index (χ0) is 14.0. The molecule has 4 nitrogen and oxygen atoms in total. The average molecular weight is 269 g/mol. The number of ether oxygens (including phenoxy) is 1. The Morgan fingerprint density at radius 3 is 2.47 bits per heavy atom. The second-order valence-corrected chi connectivity index (χ2v) is 6.90. The third kappa shape index (κ3) is 3.62. The van der Waals surface area contributed by atoms with E-state index in [0.717, 1.165) is 45.1 Å². The van der Waals surface area contributed by atoms with Crippen LogP contribution in [0.4, 0.5) is 4.79 Å². The molecule has 0 aromatic rings. The Morgan fingerprint density at radius 2 is 1.89 bits per heavy atom. The second kappa shape index (κ2) is 5.70. The summed E-state index contributed by atoms with van der Waals surface area (Å²) in [6, 6.07) is 0.168. The number of carbonyl (C=O) groups excluding carboxylic acids is 1. The van der Waals surface area contributed by atoms with Gasteiger partial charge in [-0.3, -0.25) is 0 Å². The van der Waals surface area contributed by atoms with Crippen LogP contribution in [0.2, 0.25) is 0 Å². The van der Waals surface area contributed by atoms with Gasteiger partial charge < -0.3 is 14.7 Å². The van der Waals surface area contributed by atoms with E-state index in [1.807, 2.05) is 25.7 Å². The zero-order valence-electron chi connectivity index (χ0n) is 12.4. The van der Waals surface area contributed by atoms with Crippen molar-refractivity contribution in [2.24, 2.45) is 5.92 Å². The molecule has 110 valence electrons. The summed E-state index contributed by atoms with van der Waals surface area (Å²) in [5, 5.41) is 10.1. The summed E-state index contributed by atoms with van der Waals surface area (Å²) < 4.78 is 5.51. The topological polar surface area (TPSA) is 49.8 Å². The van der Waals surface area contributed by atoms with Crippen LogP contribution in [-0.2, 0) is 4.74 Å². The number of aliphatic hydroxyl groups is 1. The molecule has 1 saturated carbocycles. The van der Waals surface area contributed by atoms with Crippen LogP contribution in [0.25, 0.3) is 0 Å². The molecular weight excluding hydrogens is 242 g/mol. The highest BCUT2D eigenvalue weighted by atomic mass is 16.6. The first kappa shape index (κ1) is 14.6. The molecule has 1 aliphatic carbocycles. The Labute approximate surface area is 116 Å². The number of nitrogens with zero attached hydrogens (tertiary/aromatic N) is 1. The summed E-state index contributed by atoms with van der Waals surface area (Å²) in [6.45, 7) is 6.46. The molecule has 0 aromatic carbocycles. The normalized spacial score (nSPS) is 32.4. The fraction of sp³-hybridized carbons (Fsp3) is 0.933. The highest BCUT2D eigenvalue weighted by Gasteiger charge is 2.40. The number of likely N-dealkylation sites (tertiary alicyclic amines) is 1. The summed E-state index contributed by atoms with van der Waals surface area (Å²) in [6.07, 6.45) is 5.72. The van der Waals surface area contributed by atoms with Gasteiger partial charge in [0.25, 0.3) is 0 Å². The molecule has 1 N–H and O–H groups in total. The molecule has 1 amide bonds. The van der Waals surface area contributed by atoms with Gasteiger partial charge in [0.05, 0.1) is 6.10 Å². The van der Waals surface area contributed by atoms with Gasteiger partial charge in [0.2, 0.25) is 0 Å². The van der Waals surface area contributed by atoms with E-state index in [-0.39, 0.29) is 24.2 Å². The summed E-state index contributed by atoms with van der Waals surface area (Å²) in [5.41, 5.74) is -0.451. The molecule has 3 atom stereocenters. The number of hydrogen-bond donors (Lipinski definition) is 1. The van der Waals surface area contributed by atoms with Gasteiger partial charge in [0.15, 0.2) is 0 Å². The Hall–Kier alpha value is -0.770. The lowest BCUT2D eigenvalue weighted by Gasteiger charge is -2.40. The first-order valence-electron chi connectivity index (χ1n) is 7.56. The minimum atomic E-state index is -0.451. The molecule has 1 aliphatic heterocycles. The molecule has 2 aliphatic rings. The Morgan fingerprint density at radius 1 is 1.16 bits per heavy atom. The predicted molar refractivity (Wildman–Crippen MR) is 73.9 cm³/mol. The first-order chi connectivity index (χ1) is 8.88. The van der Waals surface area contributed by atoms with E-state index >= 15 is 0 Å². The van der Waals surface area contributed by atoms with E-state index in [4.69, 9.17) is 4.74 Å². The highest BCUT2D eigenvalue weighted by molar-refractivity contribution is 5.68. The third-order valence-electron chi connectivity index (χ3n) is 4.20. The standard InChI is InChI=1S/C15H27NO3/c1-15(2,3)19-14(18)16-10-5-4-8-12(16)11-7-6-9-13(11)17/h11-13,17H,4-10H2,1-3H3. The lowest BCUT2D eigenvalue weighted by atomic mass is 9.88. The lowest BCUT2D eigenvalue weighted by molar-refractivity contribution is -0.0104. The molecule has 0 radical (unpaired) electrons. The van der Waals surface area contributed by atoms with E-state index in [1.165, 1.54) is 0 Å². The minimum Gasteiger partial charge on any atom is -0.444 e. The molecule has 3 unspecified atom stereocenters. The van der Waals surface area contributed by atoms with Crippen LogP contribution in [0.15, 0.2) is 0 Å². The fourth-order valence-electron chi connectivity index (χ4n) is 3.37. The maximum absolute atomic E-state index is 12.3. The zero-order valence-corrected chi connectivity index (χ0v) is 12.4. The maximum atomic E-state index is 12.3. The Balaban J connectivity index is 2.05. The quantitative estimate of drug-likeness (QED) is 0.796. The highest BCUT2D eigenvalue weighted by Crippen LogP contribution is 2.35. The number of hydrogen-bond acceptors (Lipinski definition) is 3. The first-order valence-corrected chi connectivity index (χ1v) is 7.56. The number of carbonyl (C=O) groups is 1. The van der Waals surface area contributed by atoms with E-state index < -0.39 is 5.60 Å². The Kier molecular flexibility index (Phi) is 4.39. The van der Waals surface area contributed by atoms with Gasteiger partial charge in [0.1, 0.15) is 5.60 Å². The van der Waals surface area contributed by atoms with Crippen LogP contribution in [-0.4, -0.2) is 40.4 Å². The summed E-state index contributed by atoms with van der Waals surface area (Å²) >= 11 is 0. The summed E-state index contributed by atoms with van der Waals surface area (Å²) in [4.78, 5) is 14.2. The van der Waals surface area contributed by atoms with Crippen LogP contribution in [0.1, 0.15) is 59.3 Å². The van der Waals surface area contributed by atoms with Crippen molar-refractivity contribution in [2.45, 2.75) is 77.0 Å². The number of amides is 1. The Bertz CT molecular complexity index is 324. The molecule has 2 rings (SSSR count). The van der Waals surface area contributed by atoms with Gasteiger partial charge in [-0.2, -0.15) is 0 Å². The van der Waals surface area contributed by atoms with Crippen molar-refractivity contribution in [2.75, 3.05) is 6.54 Å². The largest absolute Gasteiger partial charge is 0.444 e. The van der Waals surface area contributed by atoms with Gasteiger partial charge in [-0.1, -0.05) is 6.42 Å². The van der Waals surface area contributed by atoms with Gasteiger partial charge in [-0.05, 0) is 52.9 Å². The van der Waals surface area contributed by atoms with E-state index in [9.17, 15) is 9.90 Å². The molecule has 0 bridgehead atoms. The minimum absolute atomic E-state index is 0.168. The summed E-state index contributed by atoms with van der Waals surface area (Å²) in [7, 11) is 0. The van der Waals surface area contributed by atoms with Crippen molar-refractivity contribution in [3.8, 4) is 0 Å². The van der Waals surface area contributed by atoms with Gasteiger partial charge in [-0.25, -0.2) is 4.79 Å². The SMILES string of the molecule is CC(C)(C)OC(=O)N1CCCCC1C1CCCC1O. The number of aliphatic hydroxyl groups excluding tert-OH is 1. The van der Waals surface area contributed by atoms with Crippen LogP contribution in [0, 0.1) is 5.92 Å². The van der Waals surface area contributed by atoms with Crippen molar-refractivity contribution in [1.82, 2.24) is 4.90 Å². The van der Waals surface area contributed by atoms with Crippen molar-refractivity contribution in [3.63, 3.8) is 0 Å². The van der Waals surface area contributed by atoms with Crippen molar-refractivity contribution in [1.29, 1.82) is 0 Å². The van der Waals surface area contributed by atoms with Crippen molar-refractivity contribution >= 4 is 6.09 Å². The van der Waals surface area contributed by atoms with Crippen LogP contribution in [0.3, 0.4) is 0 Å². The fourth-order valence-corrected chi connectivity index (χ4v) is 3.37. The average Bonchev–Trinajstić information content (AvgIpc) is 2.73. The molecular formula is C15H27NO3. The van der Waals surface area contributed by atoms with E-state index in [1.54, 1.807) is 0 Å². The molecule has 2 fully saturated rings. The van der Waals surface area contributed by atoms with Crippen LogP contribution in [0.5, 0.6) is 0 Å². The second-order valence-electron chi connectivity index (χ2n) is 6.90. The molecule has 19 heavy (non-hydrogen) atoms. The summed E-state index contributed by atoms with van der Waals surface area (Å²) in [5.74, 6) is 0.243. The van der Waals surface area contributed by atoms with E-state index in [2.05, 4.69) is 0 Å². The lowest BCUT2D eigenvalue weighted by Crippen LogP contribution is -2.50. The predicted octanol–water partition coefficient (Wildman–Crippen LogP) is 2.94. The van der Waals surface area contributed by atoms with Crippen LogP contribution >= 0.6 is 0 Å². The van der Waals surface area contributed by atoms with Crippen LogP contribution < -0.4 is 0 Å².